The molecular weight excluding hydrogens is 351 g/mol. The fourth-order valence-corrected chi connectivity index (χ4v) is 2.10. The van der Waals surface area contributed by atoms with Gasteiger partial charge in [0.25, 0.3) is 0 Å². The number of aromatic nitrogens is 3. The van der Waals surface area contributed by atoms with Crippen molar-refractivity contribution >= 4 is 22.6 Å². The predicted octanol–water partition coefficient (Wildman–Crippen LogP) is 3.07. The summed E-state index contributed by atoms with van der Waals surface area (Å²) in [5, 5.41) is 7.88. The van der Waals surface area contributed by atoms with E-state index in [-0.39, 0.29) is 5.54 Å². The molecule has 0 aliphatic rings. The molecule has 2 heterocycles. The van der Waals surface area contributed by atoms with Gasteiger partial charge in [-0.2, -0.15) is 5.10 Å². The van der Waals surface area contributed by atoms with E-state index in [0.717, 1.165) is 27.1 Å². The summed E-state index contributed by atoms with van der Waals surface area (Å²) in [5.41, 5.74) is 3.33. The lowest BCUT2D eigenvalue weighted by atomic mass is 10.1. The highest BCUT2D eigenvalue weighted by Gasteiger charge is 2.12. The average molecular weight is 370 g/mol. The number of halogens is 1. The number of aryl methyl sites for hydroxylation is 1. The van der Waals surface area contributed by atoms with Gasteiger partial charge < -0.3 is 5.32 Å². The van der Waals surface area contributed by atoms with Crippen molar-refractivity contribution in [3.05, 3.63) is 39.5 Å². The maximum atomic E-state index is 4.39. The maximum absolute atomic E-state index is 4.39. The Morgan fingerprint density at radius 1 is 1.32 bits per heavy atom. The van der Waals surface area contributed by atoms with Crippen LogP contribution in [0.4, 0.5) is 0 Å². The predicted molar refractivity (Wildman–Crippen MR) is 85.4 cm³/mol. The van der Waals surface area contributed by atoms with E-state index in [9.17, 15) is 0 Å². The molecule has 0 bridgehead atoms. The topological polar surface area (TPSA) is 42.7 Å². The molecule has 0 atom stereocenters. The molecule has 2 aromatic rings. The fourth-order valence-electron chi connectivity index (χ4n) is 1.72. The molecule has 0 unspecified atom stereocenters. The second-order valence-corrected chi connectivity index (χ2v) is 6.91. The van der Waals surface area contributed by atoms with E-state index in [4.69, 9.17) is 0 Å². The van der Waals surface area contributed by atoms with Crippen LogP contribution in [0.5, 0.6) is 0 Å². The van der Waals surface area contributed by atoms with Gasteiger partial charge in [0, 0.05) is 35.7 Å². The van der Waals surface area contributed by atoms with Gasteiger partial charge >= 0.3 is 0 Å². The number of hydrogen-bond acceptors (Lipinski definition) is 3. The zero-order chi connectivity index (χ0) is 14.0. The van der Waals surface area contributed by atoms with Crippen LogP contribution in [0.2, 0.25) is 0 Å². The smallest absolute Gasteiger partial charge is 0.0724 e. The minimum absolute atomic E-state index is 0.0840. The third-order valence-corrected chi connectivity index (χ3v) is 3.26. The first kappa shape index (κ1) is 14.5. The van der Waals surface area contributed by atoms with E-state index in [1.165, 1.54) is 0 Å². The highest BCUT2D eigenvalue weighted by molar-refractivity contribution is 14.1. The van der Waals surface area contributed by atoms with Crippen molar-refractivity contribution in [2.45, 2.75) is 39.8 Å². The second kappa shape index (κ2) is 5.58. The van der Waals surface area contributed by atoms with Gasteiger partial charge in [-0.1, -0.05) is 0 Å². The summed E-state index contributed by atoms with van der Waals surface area (Å²) in [6.45, 7) is 9.25. The first-order valence-electron chi connectivity index (χ1n) is 6.26. The SMILES string of the molecule is Cc1cc(-n2cc(I)cn2)c(CNC(C)(C)C)cn1. The summed E-state index contributed by atoms with van der Waals surface area (Å²) in [4.78, 5) is 4.39. The minimum Gasteiger partial charge on any atom is -0.308 e. The third-order valence-electron chi connectivity index (χ3n) is 2.71. The molecule has 5 heteroatoms. The Bertz CT molecular complexity index is 569. The standard InChI is InChI=1S/C14H19IN4/c1-10-5-13(19-9-12(15)8-18-19)11(6-16-10)7-17-14(2,3)4/h5-6,8-9,17H,7H2,1-4H3. The van der Waals surface area contributed by atoms with E-state index in [0.29, 0.717) is 0 Å². The van der Waals surface area contributed by atoms with E-state index < -0.39 is 0 Å². The summed E-state index contributed by atoms with van der Waals surface area (Å²) in [6, 6.07) is 2.07. The Morgan fingerprint density at radius 2 is 2.05 bits per heavy atom. The number of rotatable bonds is 3. The Hall–Kier alpha value is -0.950. The van der Waals surface area contributed by atoms with Crippen molar-refractivity contribution < 1.29 is 0 Å². The lowest BCUT2D eigenvalue weighted by Gasteiger charge is -2.21. The summed E-state index contributed by atoms with van der Waals surface area (Å²) in [7, 11) is 0. The molecule has 0 spiro atoms. The third kappa shape index (κ3) is 4.01. The van der Waals surface area contributed by atoms with Crippen molar-refractivity contribution in [3.8, 4) is 5.69 Å². The van der Waals surface area contributed by atoms with Gasteiger partial charge in [-0.25, -0.2) is 4.68 Å². The van der Waals surface area contributed by atoms with Crippen LogP contribution in [-0.2, 0) is 6.54 Å². The highest BCUT2D eigenvalue weighted by Crippen LogP contribution is 2.16. The molecule has 2 aromatic heterocycles. The van der Waals surface area contributed by atoms with Gasteiger partial charge in [0.2, 0.25) is 0 Å². The number of hydrogen-bond donors (Lipinski definition) is 1. The maximum Gasteiger partial charge on any atom is 0.0724 e. The lowest BCUT2D eigenvalue weighted by Crippen LogP contribution is -2.35. The van der Waals surface area contributed by atoms with E-state index in [2.05, 4.69) is 64.8 Å². The van der Waals surface area contributed by atoms with Gasteiger partial charge in [0.05, 0.1) is 15.5 Å². The van der Waals surface area contributed by atoms with E-state index in [1.54, 1.807) is 0 Å². The van der Waals surface area contributed by atoms with E-state index in [1.807, 2.05) is 30.2 Å². The van der Waals surface area contributed by atoms with Crippen LogP contribution >= 0.6 is 22.6 Å². The van der Waals surface area contributed by atoms with Crippen LogP contribution in [0.1, 0.15) is 32.0 Å². The van der Waals surface area contributed by atoms with Gasteiger partial charge in [0.1, 0.15) is 0 Å². The summed E-state index contributed by atoms with van der Waals surface area (Å²) in [5.74, 6) is 0. The number of pyridine rings is 1. The van der Waals surface area contributed by atoms with Crippen molar-refractivity contribution in [2.75, 3.05) is 0 Å². The molecule has 0 aliphatic heterocycles. The molecule has 19 heavy (non-hydrogen) atoms. The Morgan fingerprint density at radius 3 is 2.63 bits per heavy atom. The van der Waals surface area contributed by atoms with Gasteiger partial charge in [-0.3, -0.25) is 4.98 Å². The molecular formula is C14H19IN4. The molecule has 0 aliphatic carbocycles. The van der Waals surface area contributed by atoms with Crippen LogP contribution in [0, 0.1) is 10.5 Å². The lowest BCUT2D eigenvalue weighted by molar-refractivity contribution is 0.423. The van der Waals surface area contributed by atoms with Gasteiger partial charge in [0.15, 0.2) is 0 Å². The molecule has 1 N–H and O–H groups in total. The molecule has 2 rings (SSSR count). The monoisotopic (exact) mass is 370 g/mol. The van der Waals surface area contributed by atoms with Gasteiger partial charge in [-0.15, -0.1) is 0 Å². The summed E-state index contributed by atoms with van der Waals surface area (Å²) < 4.78 is 3.04. The molecule has 0 fully saturated rings. The average Bonchev–Trinajstić information content (AvgIpc) is 2.73. The molecule has 0 saturated heterocycles. The van der Waals surface area contributed by atoms with E-state index >= 15 is 0 Å². The second-order valence-electron chi connectivity index (χ2n) is 5.66. The van der Waals surface area contributed by atoms with Crippen LogP contribution in [0.25, 0.3) is 5.69 Å². The highest BCUT2D eigenvalue weighted by atomic mass is 127. The van der Waals surface area contributed by atoms with Crippen LogP contribution in [-0.4, -0.2) is 20.3 Å². The molecule has 0 amide bonds. The molecule has 102 valence electrons. The fraction of sp³-hybridized carbons (Fsp3) is 0.429. The van der Waals surface area contributed by atoms with Crippen LogP contribution in [0.3, 0.4) is 0 Å². The van der Waals surface area contributed by atoms with Crippen molar-refractivity contribution in [1.82, 2.24) is 20.1 Å². The molecule has 0 saturated carbocycles. The first-order valence-corrected chi connectivity index (χ1v) is 7.34. The normalized spacial score (nSPS) is 11.8. The Balaban J connectivity index is 2.33. The number of nitrogens with zero attached hydrogens (tertiary/aromatic N) is 3. The largest absolute Gasteiger partial charge is 0.308 e. The first-order chi connectivity index (χ1) is 8.85. The van der Waals surface area contributed by atoms with Crippen molar-refractivity contribution in [1.29, 1.82) is 0 Å². The minimum atomic E-state index is 0.0840. The van der Waals surface area contributed by atoms with Gasteiger partial charge in [-0.05, 0) is 56.4 Å². The summed E-state index contributed by atoms with van der Waals surface area (Å²) >= 11 is 2.27. The van der Waals surface area contributed by atoms with Crippen molar-refractivity contribution in [2.24, 2.45) is 0 Å². The Labute approximate surface area is 127 Å². The molecule has 0 radical (unpaired) electrons. The van der Waals surface area contributed by atoms with Crippen LogP contribution in [0.15, 0.2) is 24.7 Å². The summed E-state index contributed by atoms with van der Waals surface area (Å²) in [6.07, 6.45) is 5.81. The zero-order valence-electron chi connectivity index (χ0n) is 11.7. The molecule has 4 nitrogen and oxygen atoms in total. The zero-order valence-corrected chi connectivity index (χ0v) is 13.9. The van der Waals surface area contributed by atoms with Crippen molar-refractivity contribution in [3.63, 3.8) is 0 Å². The Kier molecular flexibility index (Phi) is 4.25. The quantitative estimate of drug-likeness (QED) is 0.845. The number of nitrogens with one attached hydrogen (secondary N) is 1. The molecule has 0 aromatic carbocycles. The van der Waals surface area contributed by atoms with Crippen LogP contribution < -0.4 is 5.32 Å².